The molecule has 0 radical (unpaired) electrons. The van der Waals surface area contributed by atoms with Crippen LogP contribution in [0.25, 0.3) is 0 Å². The summed E-state index contributed by atoms with van der Waals surface area (Å²) in [6.45, 7) is 5.70. The Morgan fingerprint density at radius 1 is 1.30 bits per heavy atom. The second kappa shape index (κ2) is 6.88. The van der Waals surface area contributed by atoms with Crippen molar-refractivity contribution in [3.05, 3.63) is 35.9 Å². The minimum Gasteiger partial charge on any atom is -0.309 e. The highest BCUT2D eigenvalue weighted by Crippen LogP contribution is 2.30. The van der Waals surface area contributed by atoms with Crippen molar-refractivity contribution < 1.29 is 0 Å². The molecule has 0 saturated carbocycles. The van der Waals surface area contributed by atoms with Gasteiger partial charge in [-0.2, -0.15) is 5.26 Å². The zero-order chi connectivity index (χ0) is 14.4. The molecule has 3 nitrogen and oxygen atoms in total. The summed E-state index contributed by atoms with van der Waals surface area (Å²) in [5.41, 5.74) is 1.57. The predicted octanol–water partition coefficient (Wildman–Crippen LogP) is 2.96. The van der Waals surface area contributed by atoms with E-state index in [1.54, 1.807) is 0 Å². The Kier molecular flexibility index (Phi) is 5.17. The normalized spacial score (nSPS) is 20.2. The maximum atomic E-state index is 9.04. The van der Waals surface area contributed by atoms with Crippen molar-refractivity contribution in [3.8, 4) is 6.07 Å². The molecule has 1 aliphatic rings. The van der Waals surface area contributed by atoms with Crippen LogP contribution in [0.1, 0.15) is 37.8 Å². The summed E-state index contributed by atoms with van der Waals surface area (Å²) in [7, 11) is 2.19. The van der Waals surface area contributed by atoms with Crippen LogP contribution in [0, 0.1) is 16.7 Å². The van der Waals surface area contributed by atoms with E-state index in [0.29, 0.717) is 11.8 Å². The van der Waals surface area contributed by atoms with Gasteiger partial charge in [-0.15, -0.1) is 0 Å². The maximum absolute atomic E-state index is 9.04. The molecule has 1 aliphatic heterocycles. The summed E-state index contributed by atoms with van der Waals surface area (Å²) < 4.78 is 0. The van der Waals surface area contributed by atoms with Crippen LogP contribution in [0.4, 0.5) is 0 Å². The summed E-state index contributed by atoms with van der Waals surface area (Å²) in [5.74, 6) is 0. The molecular formula is C17H25N3. The number of benzene rings is 1. The van der Waals surface area contributed by atoms with Crippen LogP contribution in [0.15, 0.2) is 30.3 Å². The first-order chi connectivity index (χ1) is 9.63. The Morgan fingerprint density at radius 3 is 2.55 bits per heavy atom. The smallest absolute Gasteiger partial charge is 0.0641 e. The molecule has 1 saturated heterocycles. The first kappa shape index (κ1) is 15.0. The number of piperidine rings is 1. The second-order valence-corrected chi connectivity index (χ2v) is 6.32. The van der Waals surface area contributed by atoms with Crippen molar-refractivity contribution in [2.24, 2.45) is 5.41 Å². The van der Waals surface area contributed by atoms with Gasteiger partial charge in [-0.1, -0.05) is 37.3 Å². The van der Waals surface area contributed by atoms with E-state index in [2.05, 4.69) is 42.4 Å². The van der Waals surface area contributed by atoms with Gasteiger partial charge in [0, 0.05) is 12.6 Å². The van der Waals surface area contributed by atoms with E-state index in [4.69, 9.17) is 5.26 Å². The summed E-state index contributed by atoms with van der Waals surface area (Å²) in [4.78, 5) is 2.39. The Morgan fingerprint density at radius 2 is 1.95 bits per heavy atom. The van der Waals surface area contributed by atoms with E-state index in [1.165, 1.54) is 31.5 Å². The maximum Gasteiger partial charge on any atom is 0.0641 e. The molecular weight excluding hydrogens is 246 g/mol. The van der Waals surface area contributed by atoms with Crippen LogP contribution in [-0.2, 0) is 0 Å². The molecule has 0 aromatic heterocycles. The highest BCUT2D eigenvalue weighted by atomic mass is 15.1. The molecule has 0 aliphatic carbocycles. The van der Waals surface area contributed by atoms with Crippen molar-refractivity contribution in [1.29, 1.82) is 5.26 Å². The summed E-state index contributed by atoms with van der Waals surface area (Å²) in [5, 5.41) is 12.7. The third-order valence-corrected chi connectivity index (χ3v) is 4.47. The lowest BCUT2D eigenvalue weighted by Gasteiger charge is -2.39. The van der Waals surface area contributed by atoms with Crippen LogP contribution in [0.3, 0.4) is 0 Å². The molecule has 1 N–H and O–H groups in total. The van der Waals surface area contributed by atoms with Gasteiger partial charge in [-0.3, -0.25) is 0 Å². The van der Waals surface area contributed by atoms with E-state index in [9.17, 15) is 0 Å². The molecule has 1 atom stereocenters. The Labute approximate surface area is 122 Å². The number of likely N-dealkylation sites (tertiary alicyclic amines) is 1. The summed E-state index contributed by atoms with van der Waals surface area (Å²) in [6, 6.07) is 12.8. The third kappa shape index (κ3) is 4.06. The quantitative estimate of drug-likeness (QED) is 0.895. The Hall–Kier alpha value is -1.37. The minimum absolute atomic E-state index is 0.151. The lowest BCUT2D eigenvalue weighted by Crippen LogP contribution is -2.42. The number of nitriles is 1. The molecule has 1 heterocycles. The first-order valence-corrected chi connectivity index (χ1v) is 7.47. The number of nitrogens with one attached hydrogen (secondary N) is 1. The topological polar surface area (TPSA) is 39.1 Å². The first-order valence-electron chi connectivity index (χ1n) is 7.47. The predicted molar refractivity (Wildman–Crippen MR) is 82.3 cm³/mol. The van der Waals surface area contributed by atoms with E-state index >= 15 is 0 Å². The average molecular weight is 271 g/mol. The fourth-order valence-electron chi connectivity index (χ4n) is 2.79. The molecule has 1 aromatic rings. The van der Waals surface area contributed by atoms with Crippen molar-refractivity contribution in [2.75, 3.05) is 26.7 Å². The Bertz CT molecular complexity index is 441. The number of rotatable bonds is 5. The van der Waals surface area contributed by atoms with E-state index in [-0.39, 0.29) is 6.04 Å². The highest BCUT2D eigenvalue weighted by Gasteiger charge is 2.29. The van der Waals surface area contributed by atoms with Crippen molar-refractivity contribution >= 4 is 0 Å². The van der Waals surface area contributed by atoms with Gasteiger partial charge in [-0.05, 0) is 44.0 Å². The van der Waals surface area contributed by atoms with E-state index < -0.39 is 0 Å². The van der Waals surface area contributed by atoms with E-state index in [0.717, 1.165) is 6.54 Å². The monoisotopic (exact) mass is 271 g/mol. The SMILES string of the molecule is CN1CCC(C)(CNC(CC#N)c2ccccc2)CC1. The third-order valence-electron chi connectivity index (χ3n) is 4.47. The van der Waals surface area contributed by atoms with Gasteiger partial charge in [0.2, 0.25) is 0 Å². The zero-order valence-electron chi connectivity index (χ0n) is 12.6. The van der Waals surface area contributed by atoms with Crippen molar-refractivity contribution in [1.82, 2.24) is 10.2 Å². The van der Waals surface area contributed by atoms with Crippen LogP contribution in [0.5, 0.6) is 0 Å². The lowest BCUT2D eigenvalue weighted by atomic mass is 9.80. The number of hydrogen-bond donors (Lipinski definition) is 1. The largest absolute Gasteiger partial charge is 0.309 e. The molecule has 0 amide bonds. The van der Waals surface area contributed by atoms with Crippen LogP contribution >= 0.6 is 0 Å². The molecule has 108 valence electrons. The fourth-order valence-corrected chi connectivity index (χ4v) is 2.79. The Balaban J connectivity index is 1.94. The second-order valence-electron chi connectivity index (χ2n) is 6.32. The minimum atomic E-state index is 0.151. The molecule has 0 bridgehead atoms. The highest BCUT2D eigenvalue weighted by molar-refractivity contribution is 5.20. The zero-order valence-corrected chi connectivity index (χ0v) is 12.6. The standard InChI is InChI=1S/C17H25N3/c1-17(9-12-20(2)13-10-17)14-19-16(8-11-18)15-6-4-3-5-7-15/h3-7,16,19H,8-10,12-14H2,1-2H3. The van der Waals surface area contributed by atoms with Gasteiger partial charge in [0.1, 0.15) is 0 Å². The lowest BCUT2D eigenvalue weighted by molar-refractivity contribution is 0.133. The van der Waals surface area contributed by atoms with Gasteiger partial charge >= 0.3 is 0 Å². The molecule has 1 fully saturated rings. The molecule has 1 aromatic carbocycles. The van der Waals surface area contributed by atoms with Gasteiger partial charge in [0.15, 0.2) is 0 Å². The molecule has 3 heteroatoms. The van der Waals surface area contributed by atoms with Crippen LogP contribution in [-0.4, -0.2) is 31.6 Å². The van der Waals surface area contributed by atoms with Gasteiger partial charge in [-0.25, -0.2) is 0 Å². The average Bonchev–Trinajstić information content (AvgIpc) is 2.48. The summed E-state index contributed by atoms with van der Waals surface area (Å²) >= 11 is 0. The summed E-state index contributed by atoms with van der Waals surface area (Å²) in [6.07, 6.45) is 2.98. The van der Waals surface area contributed by atoms with Crippen LogP contribution < -0.4 is 5.32 Å². The van der Waals surface area contributed by atoms with Gasteiger partial charge < -0.3 is 10.2 Å². The van der Waals surface area contributed by atoms with Crippen molar-refractivity contribution in [2.45, 2.75) is 32.2 Å². The van der Waals surface area contributed by atoms with Gasteiger partial charge in [0.05, 0.1) is 12.5 Å². The molecule has 1 unspecified atom stereocenters. The van der Waals surface area contributed by atoms with Gasteiger partial charge in [0.25, 0.3) is 0 Å². The molecule has 20 heavy (non-hydrogen) atoms. The molecule has 0 spiro atoms. The number of hydrogen-bond acceptors (Lipinski definition) is 3. The van der Waals surface area contributed by atoms with E-state index in [1.807, 2.05) is 18.2 Å². The fraction of sp³-hybridized carbons (Fsp3) is 0.588. The number of nitrogens with zero attached hydrogens (tertiary/aromatic N) is 2. The van der Waals surface area contributed by atoms with Crippen molar-refractivity contribution in [3.63, 3.8) is 0 Å². The molecule has 2 rings (SSSR count). The van der Waals surface area contributed by atoms with Crippen LogP contribution in [0.2, 0.25) is 0 Å².